The number of benzene rings is 1. The maximum atomic E-state index is 12.6. The molecule has 1 aromatic heterocycles. The highest BCUT2D eigenvalue weighted by Gasteiger charge is 2.29. The first-order valence-corrected chi connectivity index (χ1v) is 9.49. The van der Waals surface area contributed by atoms with Crippen molar-refractivity contribution >= 4 is 40.7 Å². The van der Waals surface area contributed by atoms with Crippen LogP contribution in [0.5, 0.6) is 0 Å². The molecule has 0 bridgehead atoms. The van der Waals surface area contributed by atoms with Crippen molar-refractivity contribution in [2.24, 2.45) is 0 Å². The van der Waals surface area contributed by atoms with Gasteiger partial charge < -0.3 is 20.1 Å². The first-order chi connectivity index (χ1) is 13.3. The lowest BCUT2D eigenvalue weighted by atomic mass is 9.88. The average molecular weight is 423 g/mol. The molecule has 8 heteroatoms. The Bertz CT molecular complexity index is 952. The molecule has 0 saturated heterocycles. The van der Waals surface area contributed by atoms with Gasteiger partial charge in [-0.2, -0.15) is 0 Å². The minimum atomic E-state index is -0.969. The Hall–Kier alpha value is -2.28. The Labute approximate surface area is 172 Å². The summed E-state index contributed by atoms with van der Waals surface area (Å²) < 4.78 is 5.55. The van der Waals surface area contributed by atoms with Crippen LogP contribution in [0.3, 0.4) is 0 Å². The van der Waals surface area contributed by atoms with Crippen molar-refractivity contribution in [3.8, 4) is 0 Å². The zero-order valence-electron chi connectivity index (χ0n) is 15.4. The normalized spacial score (nSPS) is 19.2. The Balaban J connectivity index is 1.79. The molecule has 0 saturated carbocycles. The molecular weight excluding hydrogens is 403 g/mol. The van der Waals surface area contributed by atoms with Crippen LogP contribution in [0, 0.1) is 6.92 Å². The topological polar surface area (TPSA) is 91.4 Å². The highest BCUT2D eigenvalue weighted by atomic mass is 35.5. The largest absolute Gasteiger partial charge is 0.478 e. The van der Waals surface area contributed by atoms with E-state index in [1.54, 1.807) is 32.2 Å². The van der Waals surface area contributed by atoms with E-state index in [1.807, 2.05) is 12.1 Å². The Morgan fingerprint density at radius 3 is 2.64 bits per heavy atom. The van der Waals surface area contributed by atoms with Crippen LogP contribution in [0.4, 0.5) is 0 Å². The number of H-pyrrole nitrogens is 1. The molecule has 2 atom stereocenters. The summed E-state index contributed by atoms with van der Waals surface area (Å²) >= 11 is 12.2. The summed E-state index contributed by atoms with van der Waals surface area (Å²) in [6.07, 6.45) is 2.88. The monoisotopic (exact) mass is 422 g/mol. The first kappa shape index (κ1) is 20.5. The fraction of sp³-hybridized carbons (Fsp3) is 0.300. The summed E-state index contributed by atoms with van der Waals surface area (Å²) in [5, 5.41) is 12.7. The maximum Gasteiger partial charge on any atom is 0.335 e. The summed E-state index contributed by atoms with van der Waals surface area (Å²) in [5.74, 6) is -1.32. The lowest BCUT2D eigenvalue weighted by molar-refractivity contribution is 0.0696. The highest BCUT2D eigenvalue weighted by Crippen LogP contribution is 2.31. The summed E-state index contributed by atoms with van der Waals surface area (Å²) in [6.45, 7) is 1.74. The molecule has 6 nitrogen and oxygen atoms in total. The zero-order valence-corrected chi connectivity index (χ0v) is 16.9. The quantitative estimate of drug-likeness (QED) is 0.668. The Kier molecular flexibility index (Phi) is 6.13. The van der Waals surface area contributed by atoms with E-state index in [0.717, 1.165) is 11.1 Å². The van der Waals surface area contributed by atoms with Gasteiger partial charge in [-0.25, -0.2) is 4.79 Å². The number of carbonyl (C=O) groups excluding carboxylic acids is 1. The highest BCUT2D eigenvalue weighted by molar-refractivity contribution is 6.44. The van der Waals surface area contributed by atoms with Crippen molar-refractivity contribution in [3.63, 3.8) is 0 Å². The minimum Gasteiger partial charge on any atom is -0.478 e. The van der Waals surface area contributed by atoms with E-state index >= 15 is 0 Å². The number of carboxylic acids is 1. The number of aromatic amines is 1. The van der Waals surface area contributed by atoms with Crippen LogP contribution in [0.1, 0.15) is 44.9 Å². The van der Waals surface area contributed by atoms with Gasteiger partial charge in [-0.05, 0) is 43.0 Å². The molecule has 0 fully saturated rings. The molecule has 0 unspecified atom stereocenters. The minimum absolute atomic E-state index is 0.197. The van der Waals surface area contributed by atoms with Gasteiger partial charge in [0, 0.05) is 12.8 Å². The maximum absolute atomic E-state index is 12.6. The number of halogens is 2. The third-order valence-electron chi connectivity index (χ3n) is 4.84. The number of carboxylic acid groups (broad SMARTS) is 1. The second kappa shape index (κ2) is 8.39. The SMILES string of the molecule is CO[C@@H]1C=C(c2cccc(C(=O)O)c2)CC[C@@H]1NC(=O)c1[nH]c(C)c(Cl)c1Cl. The van der Waals surface area contributed by atoms with Gasteiger partial charge in [0.05, 0.1) is 27.8 Å². The molecule has 148 valence electrons. The van der Waals surface area contributed by atoms with Crippen molar-refractivity contribution in [1.82, 2.24) is 10.3 Å². The van der Waals surface area contributed by atoms with Gasteiger partial charge in [0.15, 0.2) is 0 Å². The number of amides is 1. The van der Waals surface area contributed by atoms with Gasteiger partial charge >= 0.3 is 5.97 Å². The number of nitrogens with one attached hydrogen (secondary N) is 2. The molecule has 1 aliphatic rings. The molecule has 0 aliphatic heterocycles. The summed E-state index contributed by atoms with van der Waals surface area (Å²) in [5.41, 5.74) is 2.91. The van der Waals surface area contributed by atoms with Crippen LogP contribution >= 0.6 is 23.2 Å². The van der Waals surface area contributed by atoms with Crippen LogP contribution in [-0.4, -0.2) is 41.2 Å². The molecule has 1 aliphatic carbocycles. The van der Waals surface area contributed by atoms with Crippen molar-refractivity contribution in [1.29, 1.82) is 0 Å². The first-order valence-electron chi connectivity index (χ1n) is 8.73. The number of hydrogen-bond acceptors (Lipinski definition) is 3. The van der Waals surface area contributed by atoms with E-state index in [-0.39, 0.29) is 34.3 Å². The van der Waals surface area contributed by atoms with E-state index in [2.05, 4.69) is 10.3 Å². The summed E-state index contributed by atoms with van der Waals surface area (Å²) in [6, 6.07) is 6.53. The Morgan fingerprint density at radius 2 is 2.04 bits per heavy atom. The molecule has 1 aromatic carbocycles. The summed E-state index contributed by atoms with van der Waals surface area (Å²) in [4.78, 5) is 26.7. The molecule has 1 amide bonds. The van der Waals surface area contributed by atoms with E-state index < -0.39 is 5.97 Å². The molecule has 0 radical (unpaired) electrons. The van der Waals surface area contributed by atoms with Crippen molar-refractivity contribution in [3.05, 3.63) is 62.9 Å². The predicted molar refractivity (Wildman–Crippen MR) is 108 cm³/mol. The van der Waals surface area contributed by atoms with Gasteiger partial charge in [-0.1, -0.05) is 41.4 Å². The number of aryl methyl sites for hydroxylation is 1. The van der Waals surface area contributed by atoms with Gasteiger partial charge in [0.1, 0.15) is 5.69 Å². The van der Waals surface area contributed by atoms with Gasteiger partial charge in [0.25, 0.3) is 5.91 Å². The Morgan fingerprint density at radius 1 is 1.29 bits per heavy atom. The number of carbonyl (C=O) groups is 2. The van der Waals surface area contributed by atoms with E-state index in [0.29, 0.717) is 23.6 Å². The zero-order chi connectivity index (χ0) is 20.4. The van der Waals surface area contributed by atoms with Gasteiger partial charge in [0.2, 0.25) is 0 Å². The standard InChI is InChI=1S/C20H20Cl2N2O4/c1-10-16(21)17(22)18(23-10)19(25)24-14-7-6-12(9-15(14)28-2)11-4-3-5-13(8-11)20(26)27/h3-5,8-9,14-15,23H,6-7H2,1-2H3,(H,24,25)(H,26,27)/t14-,15+/m0/s1. The van der Waals surface area contributed by atoms with E-state index in [4.69, 9.17) is 27.9 Å². The second-order valence-electron chi connectivity index (χ2n) is 6.65. The van der Waals surface area contributed by atoms with Crippen molar-refractivity contribution in [2.45, 2.75) is 31.9 Å². The number of rotatable bonds is 5. The molecule has 3 rings (SSSR count). The average Bonchev–Trinajstić information content (AvgIpc) is 2.95. The lowest BCUT2D eigenvalue weighted by Gasteiger charge is -2.30. The molecule has 3 N–H and O–H groups in total. The third kappa shape index (κ3) is 4.09. The number of aromatic carboxylic acids is 1. The van der Waals surface area contributed by atoms with E-state index in [9.17, 15) is 14.7 Å². The van der Waals surface area contributed by atoms with Crippen LogP contribution in [0.25, 0.3) is 5.57 Å². The number of hydrogen-bond donors (Lipinski definition) is 3. The number of allylic oxidation sites excluding steroid dienone is 1. The van der Waals surface area contributed by atoms with E-state index in [1.165, 1.54) is 0 Å². The number of ether oxygens (including phenoxy) is 1. The number of aromatic nitrogens is 1. The molecule has 2 aromatic rings. The smallest absolute Gasteiger partial charge is 0.335 e. The van der Waals surface area contributed by atoms with Crippen molar-refractivity contribution < 1.29 is 19.4 Å². The van der Waals surface area contributed by atoms with Crippen LogP contribution < -0.4 is 5.32 Å². The summed E-state index contributed by atoms with van der Waals surface area (Å²) in [7, 11) is 1.57. The predicted octanol–water partition coefficient (Wildman–Crippen LogP) is 4.32. The van der Waals surface area contributed by atoms with Gasteiger partial charge in [-0.15, -0.1) is 0 Å². The third-order valence-corrected chi connectivity index (χ3v) is 5.78. The fourth-order valence-electron chi connectivity index (χ4n) is 3.32. The molecule has 0 spiro atoms. The second-order valence-corrected chi connectivity index (χ2v) is 7.41. The van der Waals surface area contributed by atoms with Crippen LogP contribution in [0.15, 0.2) is 30.3 Å². The van der Waals surface area contributed by atoms with Crippen molar-refractivity contribution in [2.75, 3.05) is 7.11 Å². The lowest BCUT2D eigenvalue weighted by Crippen LogP contribution is -2.45. The van der Waals surface area contributed by atoms with Gasteiger partial charge in [-0.3, -0.25) is 4.79 Å². The number of methoxy groups -OCH3 is 1. The molecule has 28 heavy (non-hydrogen) atoms. The fourth-order valence-corrected chi connectivity index (χ4v) is 3.74. The van der Waals surface area contributed by atoms with Crippen LogP contribution in [-0.2, 0) is 4.74 Å². The molecule has 1 heterocycles. The van der Waals surface area contributed by atoms with Crippen LogP contribution in [0.2, 0.25) is 10.0 Å². The molecular formula is C20H20Cl2N2O4.